The van der Waals surface area contributed by atoms with Crippen LogP contribution in [0.25, 0.3) is 11.4 Å². The Hall–Kier alpha value is -1.96. The summed E-state index contributed by atoms with van der Waals surface area (Å²) in [5, 5.41) is 4.16. The molecule has 4 rings (SSSR count). The Balaban J connectivity index is 1.49. The van der Waals surface area contributed by atoms with Gasteiger partial charge in [0.1, 0.15) is 5.75 Å². The van der Waals surface area contributed by atoms with Crippen LogP contribution in [0.2, 0.25) is 0 Å². The molecule has 2 fully saturated rings. The zero-order valence-electron chi connectivity index (χ0n) is 15.1. The van der Waals surface area contributed by atoms with E-state index in [1.807, 2.05) is 31.2 Å². The number of para-hydroxylation sites is 1. The Morgan fingerprint density at radius 2 is 2.04 bits per heavy atom. The molecule has 0 radical (unpaired) electrons. The van der Waals surface area contributed by atoms with Crippen LogP contribution < -0.4 is 4.74 Å². The molecule has 7 heteroatoms. The van der Waals surface area contributed by atoms with Gasteiger partial charge < -0.3 is 18.7 Å². The normalized spacial score (nSPS) is 22.0. The van der Waals surface area contributed by atoms with Gasteiger partial charge in [-0.2, -0.15) is 4.98 Å². The lowest BCUT2D eigenvalue weighted by Gasteiger charge is -2.36. The molecule has 0 bridgehead atoms. The number of hydrogen-bond acceptors (Lipinski definition) is 7. The summed E-state index contributed by atoms with van der Waals surface area (Å²) < 4.78 is 22.7. The number of benzene rings is 1. The fourth-order valence-corrected chi connectivity index (χ4v) is 3.66. The molecule has 0 N–H and O–H groups in total. The van der Waals surface area contributed by atoms with Crippen molar-refractivity contribution in [3.8, 4) is 17.1 Å². The van der Waals surface area contributed by atoms with Gasteiger partial charge in [-0.15, -0.1) is 0 Å². The van der Waals surface area contributed by atoms with Crippen LogP contribution >= 0.6 is 0 Å². The third-order valence-electron chi connectivity index (χ3n) is 4.86. The van der Waals surface area contributed by atoms with Gasteiger partial charge in [-0.3, -0.25) is 4.90 Å². The van der Waals surface area contributed by atoms with Gasteiger partial charge in [0.2, 0.25) is 11.7 Å². The zero-order chi connectivity index (χ0) is 17.8. The predicted molar refractivity (Wildman–Crippen MR) is 94.6 cm³/mol. The van der Waals surface area contributed by atoms with Crippen molar-refractivity contribution in [1.82, 2.24) is 15.0 Å². The van der Waals surface area contributed by atoms with Crippen LogP contribution in [0.1, 0.15) is 32.1 Å². The maximum atomic E-state index is 5.73. The standard InChI is InChI=1S/C19H25N3O4/c1-2-23-16-9-4-3-7-14(16)18-20-17(26-21-18)13-22-10-6-5-8-15(22)19-24-11-12-25-19/h3-4,7,9,15,19H,2,5-6,8,10-13H2,1H3. The Morgan fingerprint density at radius 3 is 2.88 bits per heavy atom. The quantitative estimate of drug-likeness (QED) is 0.785. The van der Waals surface area contributed by atoms with Crippen molar-refractivity contribution < 1.29 is 18.7 Å². The summed E-state index contributed by atoms with van der Waals surface area (Å²) in [6, 6.07) is 8.00. The van der Waals surface area contributed by atoms with Crippen molar-refractivity contribution in [2.45, 2.75) is 45.1 Å². The fourth-order valence-electron chi connectivity index (χ4n) is 3.66. The minimum absolute atomic E-state index is 0.142. The highest BCUT2D eigenvalue weighted by Crippen LogP contribution is 2.29. The number of piperidine rings is 1. The summed E-state index contributed by atoms with van der Waals surface area (Å²) in [5.41, 5.74) is 0.849. The lowest BCUT2D eigenvalue weighted by molar-refractivity contribution is -0.112. The van der Waals surface area contributed by atoms with Crippen LogP contribution in [0.4, 0.5) is 0 Å². The summed E-state index contributed by atoms with van der Waals surface area (Å²) in [7, 11) is 0. The largest absolute Gasteiger partial charge is 0.493 e. The van der Waals surface area contributed by atoms with Crippen molar-refractivity contribution in [1.29, 1.82) is 0 Å². The van der Waals surface area contributed by atoms with E-state index < -0.39 is 0 Å². The van der Waals surface area contributed by atoms with E-state index in [4.69, 9.17) is 18.7 Å². The van der Waals surface area contributed by atoms with Crippen molar-refractivity contribution in [2.75, 3.05) is 26.4 Å². The average Bonchev–Trinajstić information content (AvgIpc) is 3.35. The molecule has 0 spiro atoms. The Kier molecular flexibility index (Phi) is 5.48. The highest BCUT2D eigenvalue weighted by molar-refractivity contribution is 5.63. The highest BCUT2D eigenvalue weighted by atomic mass is 16.7. The molecule has 1 unspecified atom stereocenters. The van der Waals surface area contributed by atoms with Gasteiger partial charge in [0.05, 0.1) is 38.0 Å². The van der Waals surface area contributed by atoms with Gasteiger partial charge in [0, 0.05) is 0 Å². The van der Waals surface area contributed by atoms with E-state index in [9.17, 15) is 0 Å². The van der Waals surface area contributed by atoms with Crippen LogP contribution in [0.3, 0.4) is 0 Å². The van der Waals surface area contributed by atoms with Crippen LogP contribution in [0, 0.1) is 0 Å². The number of rotatable bonds is 6. The summed E-state index contributed by atoms with van der Waals surface area (Å²) in [6.45, 7) is 5.50. The summed E-state index contributed by atoms with van der Waals surface area (Å²) in [4.78, 5) is 6.94. The second kappa shape index (κ2) is 8.16. The van der Waals surface area contributed by atoms with Gasteiger partial charge >= 0.3 is 0 Å². The Morgan fingerprint density at radius 1 is 1.19 bits per heavy atom. The summed E-state index contributed by atoms with van der Waals surface area (Å²) in [6.07, 6.45) is 3.29. The Labute approximate surface area is 153 Å². The first-order chi connectivity index (χ1) is 12.8. The zero-order valence-corrected chi connectivity index (χ0v) is 15.1. The van der Waals surface area contributed by atoms with Crippen molar-refractivity contribution in [3.05, 3.63) is 30.2 Å². The van der Waals surface area contributed by atoms with Gasteiger partial charge in [0.15, 0.2) is 6.29 Å². The summed E-state index contributed by atoms with van der Waals surface area (Å²) in [5.74, 6) is 1.94. The second-order valence-electron chi connectivity index (χ2n) is 6.58. The first kappa shape index (κ1) is 17.5. The Bertz CT molecular complexity index is 714. The maximum Gasteiger partial charge on any atom is 0.241 e. The van der Waals surface area contributed by atoms with Crippen LogP contribution in [-0.2, 0) is 16.0 Å². The minimum Gasteiger partial charge on any atom is -0.493 e. The van der Waals surface area contributed by atoms with Crippen molar-refractivity contribution in [3.63, 3.8) is 0 Å². The monoisotopic (exact) mass is 359 g/mol. The predicted octanol–water partition coefficient (Wildman–Crippen LogP) is 2.86. The molecule has 140 valence electrons. The number of likely N-dealkylation sites (tertiary alicyclic amines) is 1. The molecule has 1 atom stereocenters. The van der Waals surface area contributed by atoms with E-state index >= 15 is 0 Å². The topological polar surface area (TPSA) is 69.9 Å². The first-order valence-electron chi connectivity index (χ1n) is 9.37. The van der Waals surface area contributed by atoms with Gasteiger partial charge in [0.25, 0.3) is 0 Å². The molecule has 0 amide bonds. The molecule has 0 saturated carbocycles. The SMILES string of the molecule is CCOc1ccccc1-c1noc(CN2CCCCC2C2OCCO2)n1. The van der Waals surface area contributed by atoms with E-state index in [0.717, 1.165) is 30.7 Å². The van der Waals surface area contributed by atoms with Crippen LogP contribution in [0.15, 0.2) is 28.8 Å². The molecule has 2 aliphatic rings. The van der Waals surface area contributed by atoms with E-state index in [1.54, 1.807) is 0 Å². The van der Waals surface area contributed by atoms with E-state index in [1.165, 1.54) is 6.42 Å². The van der Waals surface area contributed by atoms with Crippen molar-refractivity contribution >= 4 is 0 Å². The number of hydrogen-bond donors (Lipinski definition) is 0. The first-order valence-corrected chi connectivity index (χ1v) is 9.37. The smallest absolute Gasteiger partial charge is 0.241 e. The molecule has 2 saturated heterocycles. The fraction of sp³-hybridized carbons (Fsp3) is 0.579. The minimum atomic E-state index is -0.142. The van der Waals surface area contributed by atoms with Crippen molar-refractivity contribution in [2.24, 2.45) is 0 Å². The molecule has 3 heterocycles. The van der Waals surface area contributed by atoms with E-state index in [-0.39, 0.29) is 12.3 Å². The lowest BCUT2D eigenvalue weighted by atomic mass is 10.0. The molecule has 2 aromatic rings. The van der Waals surface area contributed by atoms with Gasteiger partial charge in [-0.25, -0.2) is 0 Å². The van der Waals surface area contributed by atoms with E-state index in [0.29, 0.717) is 38.1 Å². The van der Waals surface area contributed by atoms with Crippen LogP contribution in [-0.4, -0.2) is 53.7 Å². The lowest BCUT2D eigenvalue weighted by Crippen LogP contribution is -2.46. The second-order valence-corrected chi connectivity index (χ2v) is 6.58. The number of ether oxygens (including phenoxy) is 3. The molecule has 2 aliphatic heterocycles. The maximum absolute atomic E-state index is 5.73. The number of aromatic nitrogens is 2. The van der Waals surface area contributed by atoms with Gasteiger partial charge in [-0.05, 0) is 38.4 Å². The molecule has 26 heavy (non-hydrogen) atoms. The van der Waals surface area contributed by atoms with Crippen LogP contribution in [0.5, 0.6) is 5.75 Å². The molecule has 0 aliphatic carbocycles. The molecule has 1 aromatic carbocycles. The highest BCUT2D eigenvalue weighted by Gasteiger charge is 2.34. The molecule has 7 nitrogen and oxygen atoms in total. The summed E-state index contributed by atoms with van der Waals surface area (Å²) >= 11 is 0. The molecular formula is C19H25N3O4. The molecular weight excluding hydrogens is 334 g/mol. The van der Waals surface area contributed by atoms with Gasteiger partial charge in [-0.1, -0.05) is 23.7 Å². The number of nitrogens with zero attached hydrogens (tertiary/aromatic N) is 3. The van der Waals surface area contributed by atoms with E-state index in [2.05, 4.69) is 15.0 Å². The average molecular weight is 359 g/mol. The third-order valence-corrected chi connectivity index (χ3v) is 4.86. The third kappa shape index (κ3) is 3.75. The molecule has 1 aromatic heterocycles.